The van der Waals surface area contributed by atoms with Gasteiger partial charge in [-0.25, -0.2) is 4.79 Å². The molecule has 0 radical (unpaired) electrons. The lowest BCUT2D eigenvalue weighted by Gasteiger charge is -2.42. The van der Waals surface area contributed by atoms with Crippen LogP contribution in [0.3, 0.4) is 0 Å². The van der Waals surface area contributed by atoms with E-state index < -0.39 is 5.60 Å². The largest absolute Gasteiger partial charge is 0.492 e. The average molecular weight is 425 g/mol. The fourth-order valence-corrected chi connectivity index (χ4v) is 4.12. The Kier molecular flexibility index (Phi) is 5.54. The Labute approximate surface area is 164 Å². The summed E-state index contributed by atoms with van der Waals surface area (Å²) in [5.74, 6) is 0.925. The van der Waals surface area contributed by atoms with Gasteiger partial charge in [0.25, 0.3) is 0 Å². The third-order valence-electron chi connectivity index (χ3n) is 4.90. The number of rotatable bonds is 4. The molecule has 0 aromatic heterocycles. The molecule has 1 aliphatic heterocycles. The third kappa shape index (κ3) is 4.34. The van der Waals surface area contributed by atoms with Crippen LogP contribution in [0, 0.1) is 0 Å². The maximum absolute atomic E-state index is 12.6. The molecular formula is C20H29BrN2O3. The summed E-state index contributed by atoms with van der Waals surface area (Å²) in [6.45, 7) is 11.7. The summed E-state index contributed by atoms with van der Waals surface area (Å²) in [7, 11) is 0. The van der Waals surface area contributed by atoms with E-state index in [1.807, 2.05) is 44.7 Å². The number of nitrogens with zero attached hydrogens (tertiary/aromatic N) is 2. The Balaban J connectivity index is 1.68. The minimum Gasteiger partial charge on any atom is -0.492 e. The summed E-state index contributed by atoms with van der Waals surface area (Å²) in [5.41, 5.74) is 0.688. The zero-order chi connectivity index (χ0) is 18.9. The monoisotopic (exact) mass is 424 g/mol. The van der Waals surface area contributed by atoms with E-state index in [1.54, 1.807) is 0 Å². The van der Waals surface area contributed by atoms with Crippen LogP contribution in [0.15, 0.2) is 22.7 Å². The first-order chi connectivity index (χ1) is 12.2. The summed E-state index contributed by atoms with van der Waals surface area (Å²) in [6.07, 6.45) is 1.94. The molecule has 2 fully saturated rings. The van der Waals surface area contributed by atoms with Crippen molar-refractivity contribution in [3.05, 3.63) is 28.2 Å². The highest BCUT2D eigenvalue weighted by atomic mass is 79.9. The molecule has 1 aromatic rings. The molecule has 2 aliphatic rings. The number of piperazine rings is 1. The first-order valence-electron chi connectivity index (χ1n) is 9.37. The van der Waals surface area contributed by atoms with Gasteiger partial charge in [0, 0.05) is 31.7 Å². The molecule has 0 N–H and O–H groups in total. The van der Waals surface area contributed by atoms with Gasteiger partial charge in [-0.3, -0.25) is 9.80 Å². The molecule has 1 heterocycles. The van der Waals surface area contributed by atoms with Crippen LogP contribution in [0.4, 0.5) is 4.79 Å². The molecule has 0 atom stereocenters. The van der Waals surface area contributed by atoms with E-state index >= 15 is 0 Å². The quantitative estimate of drug-likeness (QED) is 0.716. The van der Waals surface area contributed by atoms with Crippen LogP contribution in [0.2, 0.25) is 0 Å². The standard InChI is InChI=1S/C20H29BrN2O3/c1-5-25-17-15(7-6-8-16(17)21)13-22-11-12-23(20(14-22)9-10-20)18(24)26-19(2,3)4/h6-8H,5,9-14H2,1-4H3. The van der Waals surface area contributed by atoms with Crippen LogP contribution in [0.5, 0.6) is 5.75 Å². The maximum Gasteiger partial charge on any atom is 0.410 e. The first-order valence-corrected chi connectivity index (χ1v) is 10.2. The summed E-state index contributed by atoms with van der Waals surface area (Å²) in [4.78, 5) is 17.0. The molecule has 26 heavy (non-hydrogen) atoms. The predicted molar refractivity (Wildman–Crippen MR) is 105 cm³/mol. The number of carbonyl (C=O) groups excluding carboxylic acids is 1. The first kappa shape index (κ1) is 19.5. The van der Waals surface area contributed by atoms with Crippen molar-refractivity contribution in [2.75, 3.05) is 26.2 Å². The molecule has 1 spiro atoms. The third-order valence-corrected chi connectivity index (χ3v) is 5.53. The molecule has 5 nitrogen and oxygen atoms in total. The predicted octanol–water partition coefficient (Wildman–Crippen LogP) is 4.43. The SMILES string of the molecule is CCOc1c(Br)cccc1CN1CCN(C(=O)OC(C)(C)C)C2(CC2)C1. The van der Waals surface area contributed by atoms with Gasteiger partial charge in [0.05, 0.1) is 16.6 Å². The van der Waals surface area contributed by atoms with E-state index in [4.69, 9.17) is 9.47 Å². The fraction of sp³-hybridized carbons (Fsp3) is 0.650. The van der Waals surface area contributed by atoms with E-state index in [2.05, 4.69) is 26.9 Å². The second-order valence-corrected chi connectivity index (χ2v) is 9.08. The molecule has 0 unspecified atom stereocenters. The fourth-order valence-electron chi connectivity index (χ4n) is 3.59. The van der Waals surface area contributed by atoms with Gasteiger partial charge < -0.3 is 9.47 Å². The van der Waals surface area contributed by atoms with Crippen molar-refractivity contribution in [1.29, 1.82) is 0 Å². The van der Waals surface area contributed by atoms with Crippen molar-refractivity contribution in [2.24, 2.45) is 0 Å². The lowest BCUT2D eigenvalue weighted by atomic mass is 10.1. The second-order valence-electron chi connectivity index (χ2n) is 8.23. The highest BCUT2D eigenvalue weighted by Gasteiger charge is 2.54. The Morgan fingerprint density at radius 2 is 2.00 bits per heavy atom. The van der Waals surface area contributed by atoms with E-state index in [1.165, 1.54) is 5.56 Å². The minimum atomic E-state index is -0.451. The topological polar surface area (TPSA) is 42.0 Å². The van der Waals surface area contributed by atoms with Crippen molar-refractivity contribution < 1.29 is 14.3 Å². The molecule has 144 valence electrons. The zero-order valence-electron chi connectivity index (χ0n) is 16.2. The van der Waals surface area contributed by atoms with Gasteiger partial charge in [0.15, 0.2) is 0 Å². The molecule has 3 rings (SSSR count). The van der Waals surface area contributed by atoms with Gasteiger partial charge in [0.2, 0.25) is 0 Å². The van der Waals surface area contributed by atoms with Crippen molar-refractivity contribution >= 4 is 22.0 Å². The molecular weight excluding hydrogens is 396 g/mol. The Morgan fingerprint density at radius 3 is 2.62 bits per heavy atom. The number of benzene rings is 1. The summed E-state index contributed by atoms with van der Waals surface area (Å²) >= 11 is 3.59. The van der Waals surface area contributed by atoms with Crippen LogP contribution < -0.4 is 4.74 Å². The lowest BCUT2D eigenvalue weighted by Crippen LogP contribution is -2.57. The van der Waals surface area contributed by atoms with Crippen LogP contribution in [0.25, 0.3) is 0 Å². The number of ether oxygens (including phenoxy) is 2. The lowest BCUT2D eigenvalue weighted by molar-refractivity contribution is -0.00819. The van der Waals surface area contributed by atoms with Gasteiger partial charge in [-0.1, -0.05) is 12.1 Å². The molecule has 1 saturated heterocycles. The molecule has 0 bridgehead atoms. The van der Waals surface area contributed by atoms with Crippen molar-refractivity contribution in [3.63, 3.8) is 0 Å². The van der Waals surface area contributed by atoms with Crippen LogP contribution in [-0.2, 0) is 11.3 Å². The van der Waals surface area contributed by atoms with Crippen molar-refractivity contribution in [3.8, 4) is 5.75 Å². The number of carbonyl (C=O) groups is 1. The summed E-state index contributed by atoms with van der Waals surface area (Å²) in [5, 5.41) is 0. The highest BCUT2D eigenvalue weighted by Crippen LogP contribution is 2.45. The van der Waals surface area contributed by atoms with Gasteiger partial charge in [-0.2, -0.15) is 0 Å². The summed E-state index contributed by atoms with van der Waals surface area (Å²) < 4.78 is 12.4. The van der Waals surface area contributed by atoms with Gasteiger partial charge in [-0.05, 0) is 62.5 Å². The smallest absolute Gasteiger partial charge is 0.410 e. The molecule has 1 saturated carbocycles. The Hall–Kier alpha value is -1.27. The van der Waals surface area contributed by atoms with E-state index in [0.717, 1.165) is 42.7 Å². The normalized spacial score (nSPS) is 19.5. The van der Waals surface area contributed by atoms with E-state index in [-0.39, 0.29) is 11.6 Å². The summed E-state index contributed by atoms with van der Waals surface area (Å²) in [6, 6.07) is 6.18. The number of hydrogen-bond acceptors (Lipinski definition) is 4. The minimum absolute atomic E-state index is 0.0433. The maximum atomic E-state index is 12.6. The van der Waals surface area contributed by atoms with Crippen molar-refractivity contribution in [1.82, 2.24) is 9.80 Å². The van der Waals surface area contributed by atoms with E-state index in [9.17, 15) is 4.79 Å². The molecule has 1 amide bonds. The number of amides is 1. The number of hydrogen-bond donors (Lipinski definition) is 0. The Morgan fingerprint density at radius 1 is 1.27 bits per heavy atom. The zero-order valence-corrected chi connectivity index (χ0v) is 17.8. The molecule has 6 heteroatoms. The van der Waals surface area contributed by atoms with E-state index in [0.29, 0.717) is 13.2 Å². The van der Waals surface area contributed by atoms with Gasteiger partial charge in [-0.15, -0.1) is 0 Å². The van der Waals surface area contributed by atoms with Crippen LogP contribution >= 0.6 is 15.9 Å². The van der Waals surface area contributed by atoms with Crippen LogP contribution in [-0.4, -0.2) is 53.3 Å². The van der Waals surface area contributed by atoms with Gasteiger partial charge in [0.1, 0.15) is 11.4 Å². The Bertz CT molecular complexity index is 668. The van der Waals surface area contributed by atoms with Gasteiger partial charge >= 0.3 is 6.09 Å². The second kappa shape index (κ2) is 7.39. The molecule has 1 aromatic carbocycles. The van der Waals surface area contributed by atoms with Crippen molar-refractivity contribution in [2.45, 2.75) is 58.2 Å². The van der Waals surface area contributed by atoms with Crippen LogP contribution in [0.1, 0.15) is 46.1 Å². The number of halogens is 1. The molecule has 1 aliphatic carbocycles. The highest BCUT2D eigenvalue weighted by molar-refractivity contribution is 9.10. The number of para-hydroxylation sites is 1. The average Bonchev–Trinajstić information content (AvgIpc) is 3.28.